The maximum Gasteiger partial charge on any atom is 0.338 e. The zero-order valence-electron chi connectivity index (χ0n) is 7.98. The van der Waals surface area contributed by atoms with Crippen molar-refractivity contribution in [2.24, 2.45) is 0 Å². The molecule has 6 heteroatoms. The Bertz CT molecular complexity index is 520. The third kappa shape index (κ3) is 1.46. The predicted octanol–water partition coefficient (Wildman–Crippen LogP) is 0.935. The van der Waals surface area contributed by atoms with Gasteiger partial charge in [-0.3, -0.25) is 4.79 Å². The molecule has 0 saturated heterocycles. The number of phenols is 1. The summed E-state index contributed by atoms with van der Waals surface area (Å²) in [5.41, 5.74) is -0.224. The molecule has 1 aliphatic rings. The molecule has 0 unspecified atom stereocenters. The highest BCUT2D eigenvalue weighted by Crippen LogP contribution is 2.37. The second kappa shape index (κ2) is 3.27. The number of nitrogens with one attached hydrogen (secondary N) is 1. The lowest BCUT2D eigenvalue weighted by Crippen LogP contribution is -2.24. The maximum absolute atomic E-state index is 11.2. The topological polar surface area (TPSA) is 95.9 Å². The summed E-state index contributed by atoms with van der Waals surface area (Å²) in [5.74, 6) is -2.25. The van der Waals surface area contributed by atoms with Gasteiger partial charge in [-0.05, 0) is 6.07 Å². The Morgan fingerprint density at radius 3 is 2.75 bits per heavy atom. The summed E-state index contributed by atoms with van der Waals surface area (Å²) in [6.45, 7) is 3.33. The van der Waals surface area contributed by atoms with Crippen molar-refractivity contribution >= 4 is 17.6 Å². The lowest BCUT2D eigenvalue weighted by Gasteiger charge is -2.20. The van der Waals surface area contributed by atoms with Crippen LogP contribution in [0.25, 0.3) is 0 Å². The first-order chi connectivity index (χ1) is 7.49. The van der Waals surface area contributed by atoms with E-state index in [4.69, 9.17) is 9.84 Å². The highest BCUT2D eigenvalue weighted by atomic mass is 16.5. The number of ether oxygens (including phenoxy) is 1. The molecule has 0 aromatic heterocycles. The Kier molecular flexibility index (Phi) is 2.05. The minimum Gasteiger partial charge on any atom is -0.508 e. The molecule has 1 aromatic rings. The van der Waals surface area contributed by atoms with E-state index in [9.17, 15) is 14.7 Å². The van der Waals surface area contributed by atoms with Gasteiger partial charge in [-0.15, -0.1) is 0 Å². The standard InChI is InChI=1S/C10H7NO5/c1-4-9(13)11-8-6(10(14)15)2-5(12)3-7(8)16-4/h2-3,12H,1H2,(H,11,13)(H,14,15). The van der Waals surface area contributed by atoms with Gasteiger partial charge in [-0.1, -0.05) is 6.58 Å². The average Bonchev–Trinajstić information content (AvgIpc) is 2.19. The Labute approximate surface area is 89.8 Å². The first-order valence-electron chi connectivity index (χ1n) is 4.27. The molecule has 3 N–H and O–H groups in total. The highest BCUT2D eigenvalue weighted by Gasteiger charge is 2.26. The van der Waals surface area contributed by atoms with Crippen LogP contribution < -0.4 is 10.1 Å². The molecular formula is C10H7NO5. The molecule has 0 spiro atoms. The van der Waals surface area contributed by atoms with Crippen molar-refractivity contribution in [2.45, 2.75) is 0 Å². The molecule has 2 rings (SSSR count). The van der Waals surface area contributed by atoms with Gasteiger partial charge in [0.25, 0.3) is 5.91 Å². The maximum atomic E-state index is 11.2. The van der Waals surface area contributed by atoms with Gasteiger partial charge < -0.3 is 20.3 Å². The Morgan fingerprint density at radius 1 is 1.44 bits per heavy atom. The Morgan fingerprint density at radius 2 is 2.12 bits per heavy atom. The first-order valence-corrected chi connectivity index (χ1v) is 4.27. The molecule has 0 bridgehead atoms. The molecule has 1 aromatic carbocycles. The lowest BCUT2D eigenvalue weighted by molar-refractivity contribution is -0.115. The molecule has 0 fully saturated rings. The molecule has 1 amide bonds. The summed E-state index contributed by atoms with van der Waals surface area (Å²) >= 11 is 0. The fourth-order valence-corrected chi connectivity index (χ4v) is 1.34. The van der Waals surface area contributed by atoms with Crippen molar-refractivity contribution in [3.8, 4) is 11.5 Å². The monoisotopic (exact) mass is 221 g/mol. The highest BCUT2D eigenvalue weighted by molar-refractivity contribution is 6.09. The third-order valence-corrected chi connectivity index (χ3v) is 2.04. The van der Waals surface area contributed by atoms with Crippen molar-refractivity contribution < 1.29 is 24.5 Å². The van der Waals surface area contributed by atoms with E-state index >= 15 is 0 Å². The van der Waals surface area contributed by atoms with Crippen LogP contribution in [0.3, 0.4) is 0 Å². The molecular weight excluding hydrogens is 214 g/mol. The number of rotatable bonds is 1. The van der Waals surface area contributed by atoms with Gasteiger partial charge in [0.15, 0.2) is 11.5 Å². The van der Waals surface area contributed by atoms with Crippen molar-refractivity contribution in [3.05, 3.63) is 30.0 Å². The van der Waals surface area contributed by atoms with Crippen LogP contribution in [-0.2, 0) is 4.79 Å². The number of hydrogen-bond donors (Lipinski definition) is 3. The largest absolute Gasteiger partial charge is 0.508 e. The summed E-state index contributed by atoms with van der Waals surface area (Å²) in [5, 5.41) is 20.5. The number of anilines is 1. The smallest absolute Gasteiger partial charge is 0.338 e. The fraction of sp³-hybridized carbons (Fsp3) is 0. The van der Waals surface area contributed by atoms with Crippen molar-refractivity contribution in [2.75, 3.05) is 5.32 Å². The minimum atomic E-state index is -1.27. The van der Waals surface area contributed by atoms with E-state index in [1.54, 1.807) is 0 Å². The van der Waals surface area contributed by atoms with Crippen LogP contribution in [0.4, 0.5) is 5.69 Å². The van der Waals surface area contributed by atoms with Crippen LogP contribution in [0, 0.1) is 0 Å². The van der Waals surface area contributed by atoms with Gasteiger partial charge in [-0.25, -0.2) is 4.79 Å². The molecule has 82 valence electrons. The number of carboxylic acid groups (broad SMARTS) is 1. The van der Waals surface area contributed by atoms with Gasteiger partial charge in [0.1, 0.15) is 5.75 Å². The molecule has 0 aliphatic carbocycles. The van der Waals surface area contributed by atoms with Crippen LogP contribution >= 0.6 is 0 Å². The minimum absolute atomic E-state index is 0.0164. The number of benzene rings is 1. The summed E-state index contributed by atoms with van der Waals surface area (Å²) in [6, 6.07) is 2.23. The van der Waals surface area contributed by atoms with E-state index in [-0.39, 0.29) is 28.5 Å². The normalized spacial score (nSPS) is 13.8. The first kappa shape index (κ1) is 10.0. The fourth-order valence-electron chi connectivity index (χ4n) is 1.34. The van der Waals surface area contributed by atoms with E-state index < -0.39 is 11.9 Å². The second-order valence-electron chi connectivity index (χ2n) is 3.15. The van der Waals surface area contributed by atoms with Gasteiger partial charge >= 0.3 is 5.97 Å². The summed E-state index contributed by atoms with van der Waals surface area (Å²) in [7, 11) is 0. The Balaban J connectivity index is 2.63. The number of aromatic carboxylic acids is 1. The molecule has 1 heterocycles. The molecule has 0 radical (unpaired) electrons. The number of carbonyl (C=O) groups excluding carboxylic acids is 1. The number of phenolic OH excluding ortho intramolecular Hbond substituents is 1. The van der Waals surface area contributed by atoms with E-state index in [0.717, 1.165) is 6.07 Å². The second-order valence-corrected chi connectivity index (χ2v) is 3.15. The zero-order valence-corrected chi connectivity index (χ0v) is 7.98. The number of hydrogen-bond acceptors (Lipinski definition) is 4. The SMILES string of the molecule is C=C1Oc2cc(O)cc(C(=O)O)c2NC1=O. The zero-order chi connectivity index (χ0) is 11.9. The average molecular weight is 221 g/mol. The van der Waals surface area contributed by atoms with E-state index in [2.05, 4.69) is 11.9 Å². The number of carbonyl (C=O) groups is 2. The third-order valence-electron chi connectivity index (χ3n) is 2.04. The molecule has 6 nitrogen and oxygen atoms in total. The van der Waals surface area contributed by atoms with Crippen molar-refractivity contribution in [3.63, 3.8) is 0 Å². The van der Waals surface area contributed by atoms with E-state index in [0.29, 0.717) is 0 Å². The molecule has 1 aliphatic heterocycles. The predicted molar refractivity (Wildman–Crippen MR) is 53.5 cm³/mol. The van der Waals surface area contributed by atoms with Crippen molar-refractivity contribution in [1.29, 1.82) is 0 Å². The summed E-state index contributed by atoms with van der Waals surface area (Å²) < 4.78 is 4.99. The summed E-state index contributed by atoms with van der Waals surface area (Å²) in [6.07, 6.45) is 0. The van der Waals surface area contributed by atoms with Gasteiger partial charge in [0.2, 0.25) is 0 Å². The summed E-state index contributed by atoms with van der Waals surface area (Å²) in [4.78, 5) is 22.1. The van der Waals surface area contributed by atoms with Gasteiger partial charge in [-0.2, -0.15) is 0 Å². The van der Waals surface area contributed by atoms with Crippen LogP contribution in [0.5, 0.6) is 11.5 Å². The van der Waals surface area contributed by atoms with Crippen LogP contribution in [0.2, 0.25) is 0 Å². The van der Waals surface area contributed by atoms with Crippen LogP contribution in [0.1, 0.15) is 10.4 Å². The number of fused-ring (bicyclic) bond motifs is 1. The van der Waals surface area contributed by atoms with E-state index in [1.807, 2.05) is 0 Å². The quantitative estimate of drug-likeness (QED) is 0.484. The molecule has 0 saturated carbocycles. The van der Waals surface area contributed by atoms with Crippen LogP contribution in [0.15, 0.2) is 24.5 Å². The Hall–Kier alpha value is -2.50. The molecule has 16 heavy (non-hydrogen) atoms. The van der Waals surface area contributed by atoms with Gasteiger partial charge in [0, 0.05) is 6.07 Å². The molecule has 0 atom stereocenters. The number of amides is 1. The van der Waals surface area contributed by atoms with Crippen LogP contribution in [-0.4, -0.2) is 22.1 Å². The van der Waals surface area contributed by atoms with E-state index in [1.165, 1.54) is 6.07 Å². The van der Waals surface area contributed by atoms with Crippen molar-refractivity contribution in [1.82, 2.24) is 0 Å². The van der Waals surface area contributed by atoms with Gasteiger partial charge in [0.05, 0.1) is 11.3 Å². The number of aromatic hydroxyl groups is 1. The lowest BCUT2D eigenvalue weighted by atomic mass is 10.1. The number of carboxylic acids is 1.